The molecule has 218 valence electrons. The van der Waals surface area contributed by atoms with E-state index in [1.165, 1.54) is 53.7 Å². The first-order chi connectivity index (χ1) is 18.7. The van der Waals surface area contributed by atoms with E-state index >= 15 is 0 Å². The topological polar surface area (TPSA) is 0 Å². The molecule has 1 aliphatic carbocycles. The van der Waals surface area contributed by atoms with Crippen molar-refractivity contribution >= 4 is 33.7 Å². The second-order valence-corrected chi connectivity index (χ2v) is 17.4. The van der Waals surface area contributed by atoms with Crippen LogP contribution in [0.4, 0.5) is 0 Å². The van der Waals surface area contributed by atoms with Gasteiger partial charge in [0, 0.05) is 9.49 Å². The minimum Gasteiger partial charge on any atom is -0.0688 e. The van der Waals surface area contributed by atoms with Gasteiger partial charge in [0.15, 0.2) is 0 Å². The minimum absolute atomic E-state index is 0.0841. The van der Waals surface area contributed by atoms with Crippen molar-refractivity contribution in [3.8, 4) is 0 Å². The Morgan fingerprint density at radius 1 is 0.585 bits per heavy atom. The zero-order chi connectivity index (χ0) is 30.5. The maximum Gasteiger partial charge on any atom is 0.0208 e. The molecule has 4 rings (SSSR count). The first-order valence-electron chi connectivity index (χ1n) is 15.2. The molecule has 0 fully saturated rings. The SMILES string of the molecule is CC(C)(C)c1cc(C2=CC(c3ccccc3I)=CC(c3cc(C(C)(C)C)cc(C(C)(C)C)c3)C2)cc(C(C)(C)C)c1. The standard InChI is InChI=1S/C40H51I/c1-37(2,3)31-20-28(21-32(24-31)38(4,5)6)26-17-27(19-30(18-26)35-15-13-14-16-36(35)41)29-22-33(39(7,8)9)25-34(23-29)40(10,11)12/h13-16,18-26H,17H2,1-12H3. The van der Waals surface area contributed by atoms with Crippen molar-refractivity contribution in [3.63, 3.8) is 0 Å². The predicted molar refractivity (Wildman–Crippen MR) is 190 cm³/mol. The van der Waals surface area contributed by atoms with Gasteiger partial charge >= 0.3 is 0 Å². The number of allylic oxidation sites excluding steroid dienone is 4. The second kappa shape index (κ2) is 11.2. The van der Waals surface area contributed by atoms with Gasteiger partial charge in [0.2, 0.25) is 0 Å². The van der Waals surface area contributed by atoms with Gasteiger partial charge in [-0.2, -0.15) is 0 Å². The van der Waals surface area contributed by atoms with Crippen LogP contribution in [0, 0.1) is 3.57 Å². The van der Waals surface area contributed by atoms with E-state index in [2.05, 4.69) is 178 Å². The van der Waals surface area contributed by atoms with Crippen molar-refractivity contribution < 1.29 is 0 Å². The first-order valence-corrected chi connectivity index (χ1v) is 16.3. The largest absolute Gasteiger partial charge is 0.0688 e. The number of benzene rings is 3. The third kappa shape index (κ3) is 7.45. The van der Waals surface area contributed by atoms with Gasteiger partial charge in [-0.1, -0.05) is 150 Å². The maximum atomic E-state index is 2.54. The van der Waals surface area contributed by atoms with Gasteiger partial charge in [-0.3, -0.25) is 0 Å². The van der Waals surface area contributed by atoms with Crippen molar-refractivity contribution in [2.45, 2.75) is 117 Å². The van der Waals surface area contributed by atoms with Crippen LogP contribution in [-0.4, -0.2) is 0 Å². The normalized spacial score (nSPS) is 16.9. The summed E-state index contributed by atoms with van der Waals surface area (Å²) in [6, 6.07) is 23.6. The fraction of sp³-hybridized carbons (Fsp3) is 0.450. The Morgan fingerprint density at radius 2 is 1.02 bits per heavy atom. The number of halogens is 1. The van der Waals surface area contributed by atoms with Crippen LogP contribution < -0.4 is 0 Å². The van der Waals surface area contributed by atoms with E-state index in [1.807, 2.05) is 0 Å². The average molecular weight is 659 g/mol. The summed E-state index contributed by atoms with van der Waals surface area (Å²) in [6.45, 7) is 28.0. The maximum absolute atomic E-state index is 2.54. The molecule has 3 aromatic carbocycles. The quantitative estimate of drug-likeness (QED) is 0.246. The Balaban J connectivity index is 1.96. The Kier molecular flexibility index (Phi) is 8.67. The lowest BCUT2D eigenvalue weighted by Gasteiger charge is -2.30. The van der Waals surface area contributed by atoms with Crippen LogP contribution >= 0.6 is 22.6 Å². The van der Waals surface area contributed by atoms with Crippen molar-refractivity contribution in [2.75, 3.05) is 0 Å². The molecule has 1 unspecified atom stereocenters. The molecule has 3 aromatic rings. The second-order valence-electron chi connectivity index (χ2n) is 16.2. The van der Waals surface area contributed by atoms with Gasteiger partial charge in [0.1, 0.15) is 0 Å². The van der Waals surface area contributed by atoms with Gasteiger partial charge in [0.05, 0.1) is 0 Å². The summed E-state index contributed by atoms with van der Waals surface area (Å²) in [5.41, 5.74) is 12.9. The molecule has 41 heavy (non-hydrogen) atoms. The van der Waals surface area contributed by atoms with Crippen LogP contribution in [-0.2, 0) is 21.7 Å². The number of hydrogen-bond acceptors (Lipinski definition) is 0. The highest BCUT2D eigenvalue weighted by atomic mass is 127. The average Bonchev–Trinajstić information content (AvgIpc) is 2.86. The van der Waals surface area contributed by atoms with Gasteiger partial charge in [-0.05, 0) is 107 Å². The van der Waals surface area contributed by atoms with Crippen molar-refractivity contribution in [1.29, 1.82) is 0 Å². The monoisotopic (exact) mass is 658 g/mol. The summed E-state index contributed by atoms with van der Waals surface area (Å²) in [5, 5.41) is 0. The molecule has 0 spiro atoms. The third-order valence-corrected chi connectivity index (χ3v) is 9.43. The lowest BCUT2D eigenvalue weighted by atomic mass is 9.74. The van der Waals surface area contributed by atoms with Crippen LogP contribution in [0.2, 0.25) is 0 Å². The molecular weight excluding hydrogens is 607 g/mol. The molecule has 0 aromatic heterocycles. The van der Waals surface area contributed by atoms with Gasteiger partial charge < -0.3 is 0 Å². The summed E-state index contributed by atoms with van der Waals surface area (Å²) >= 11 is 2.50. The molecule has 1 heteroatoms. The number of rotatable bonds is 3. The van der Waals surface area contributed by atoms with Crippen molar-refractivity contribution in [3.05, 3.63) is 115 Å². The summed E-state index contributed by atoms with van der Waals surface area (Å²) in [7, 11) is 0. The van der Waals surface area contributed by atoms with E-state index in [0.29, 0.717) is 5.92 Å². The number of hydrogen-bond donors (Lipinski definition) is 0. The van der Waals surface area contributed by atoms with Gasteiger partial charge in [-0.15, -0.1) is 0 Å². The Morgan fingerprint density at radius 3 is 1.46 bits per heavy atom. The lowest BCUT2D eigenvalue weighted by molar-refractivity contribution is 0.566. The zero-order valence-electron chi connectivity index (χ0n) is 27.6. The Bertz CT molecular complexity index is 1420. The Hall–Kier alpha value is -2.13. The fourth-order valence-corrected chi connectivity index (χ4v) is 6.20. The highest BCUT2D eigenvalue weighted by Gasteiger charge is 2.27. The van der Waals surface area contributed by atoms with E-state index < -0.39 is 0 Å². The van der Waals surface area contributed by atoms with Crippen LogP contribution in [0.3, 0.4) is 0 Å². The molecule has 0 saturated carbocycles. The molecule has 1 atom stereocenters. The molecule has 1 aliphatic rings. The molecule has 0 aliphatic heterocycles. The smallest absolute Gasteiger partial charge is 0.0208 e. The molecule has 0 radical (unpaired) electrons. The van der Waals surface area contributed by atoms with Gasteiger partial charge in [-0.25, -0.2) is 0 Å². The first kappa shape index (κ1) is 31.8. The summed E-state index contributed by atoms with van der Waals surface area (Å²) in [6.07, 6.45) is 6.01. The summed E-state index contributed by atoms with van der Waals surface area (Å²) in [5.74, 6) is 0.306. The molecule has 0 amide bonds. The summed E-state index contributed by atoms with van der Waals surface area (Å²) < 4.78 is 1.30. The van der Waals surface area contributed by atoms with Crippen LogP contribution in [0.5, 0.6) is 0 Å². The van der Waals surface area contributed by atoms with E-state index in [0.717, 1.165) is 6.42 Å². The Labute approximate surface area is 264 Å². The van der Waals surface area contributed by atoms with E-state index in [1.54, 1.807) is 0 Å². The van der Waals surface area contributed by atoms with Crippen LogP contribution in [0.25, 0.3) is 11.1 Å². The highest BCUT2D eigenvalue weighted by molar-refractivity contribution is 14.1. The van der Waals surface area contributed by atoms with E-state index in [-0.39, 0.29) is 21.7 Å². The predicted octanol–water partition coefficient (Wildman–Crippen LogP) is 12.1. The molecule has 0 saturated heterocycles. The fourth-order valence-electron chi connectivity index (χ4n) is 5.50. The van der Waals surface area contributed by atoms with Crippen molar-refractivity contribution in [2.24, 2.45) is 0 Å². The molecule has 0 bridgehead atoms. The third-order valence-electron chi connectivity index (χ3n) is 8.49. The zero-order valence-corrected chi connectivity index (χ0v) is 29.7. The minimum atomic E-state index is 0.0841. The van der Waals surface area contributed by atoms with E-state index in [9.17, 15) is 0 Å². The lowest BCUT2D eigenvalue weighted by Crippen LogP contribution is -2.18. The van der Waals surface area contributed by atoms with Crippen LogP contribution in [0.1, 0.15) is 134 Å². The molecule has 0 nitrogen and oxygen atoms in total. The highest BCUT2D eigenvalue weighted by Crippen LogP contribution is 2.43. The molecule has 0 heterocycles. The van der Waals surface area contributed by atoms with E-state index in [4.69, 9.17) is 0 Å². The van der Waals surface area contributed by atoms with Gasteiger partial charge in [0.25, 0.3) is 0 Å². The van der Waals surface area contributed by atoms with Crippen LogP contribution in [0.15, 0.2) is 72.8 Å². The molecular formula is C40H51I. The van der Waals surface area contributed by atoms with Crippen molar-refractivity contribution in [1.82, 2.24) is 0 Å². The molecule has 0 N–H and O–H groups in total. The summed E-state index contributed by atoms with van der Waals surface area (Å²) in [4.78, 5) is 0.